The number of hydrogen-bond donors (Lipinski definition) is 1. The summed E-state index contributed by atoms with van der Waals surface area (Å²) in [6.07, 6.45) is 1.76. The number of nitrogens with zero attached hydrogens (tertiary/aromatic N) is 1. The summed E-state index contributed by atoms with van der Waals surface area (Å²) in [5, 5.41) is 3.04. The lowest BCUT2D eigenvalue weighted by molar-refractivity contribution is 0.0859. The molecule has 4 nitrogen and oxygen atoms in total. The summed E-state index contributed by atoms with van der Waals surface area (Å²) in [5.74, 6) is 1.32. The van der Waals surface area contributed by atoms with Crippen LogP contribution in [0.4, 0.5) is 0 Å². The molecule has 2 rings (SSSR count). The average Bonchev–Trinajstić information content (AvgIpc) is 2.18. The zero-order chi connectivity index (χ0) is 9.10. The summed E-state index contributed by atoms with van der Waals surface area (Å²) in [6.45, 7) is 1.36. The largest absolute Gasteiger partial charge is 0.484 e. The van der Waals surface area contributed by atoms with Gasteiger partial charge in [-0.3, -0.25) is 0 Å². The fourth-order valence-corrected chi connectivity index (χ4v) is 1.28. The highest BCUT2D eigenvalue weighted by atomic mass is 16.6. The fraction of sp³-hybridized carbons (Fsp3) is 0.444. The maximum absolute atomic E-state index is 5.57. The topological polar surface area (TPSA) is 43.4 Å². The maximum atomic E-state index is 5.57. The zero-order valence-corrected chi connectivity index (χ0v) is 7.49. The summed E-state index contributed by atoms with van der Waals surface area (Å²) in [6, 6.07) is 3.69. The van der Waals surface area contributed by atoms with Crippen LogP contribution >= 0.6 is 0 Å². The van der Waals surface area contributed by atoms with Gasteiger partial charge in [0.1, 0.15) is 12.7 Å². The van der Waals surface area contributed by atoms with E-state index in [4.69, 9.17) is 9.47 Å². The van der Waals surface area contributed by atoms with Gasteiger partial charge in [-0.1, -0.05) is 0 Å². The minimum Gasteiger partial charge on any atom is -0.484 e. The summed E-state index contributed by atoms with van der Waals surface area (Å²) < 4.78 is 11.0. The predicted molar refractivity (Wildman–Crippen MR) is 48.1 cm³/mol. The Kier molecular flexibility index (Phi) is 2.31. The van der Waals surface area contributed by atoms with Crippen LogP contribution in [-0.2, 0) is 0 Å². The fourth-order valence-electron chi connectivity index (χ4n) is 1.28. The molecule has 0 spiro atoms. The number of pyridine rings is 1. The van der Waals surface area contributed by atoms with E-state index < -0.39 is 0 Å². The molecular formula is C9H12N2O2. The monoisotopic (exact) mass is 180 g/mol. The van der Waals surface area contributed by atoms with E-state index in [9.17, 15) is 0 Å². The molecule has 0 fully saturated rings. The quantitative estimate of drug-likeness (QED) is 0.717. The Hall–Kier alpha value is -1.29. The Morgan fingerprint density at radius 2 is 2.62 bits per heavy atom. The molecule has 0 aromatic carbocycles. The molecule has 1 atom stereocenters. The van der Waals surface area contributed by atoms with Crippen LogP contribution in [0.1, 0.15) is 0 Å². The molecule has 1 aliphatic rings. The van der Waals surface area contributed by atoms with Crippen molar-refractivity contribution < 1.29 is 9.47 Å². The van der Waals surface area contributed by atoms with Crippen LogP contribution in [0.5, 0.6) is 11.6 Å². The lowest BCUT2D eigenvalue weighted by atomic mass is 10.3. The molecular weight excluding hydrogens is 168 g/mol. The second-order valence-corrected chi connectivity index (χ2v) is 2.92. The minimum absolute atomic E-state index is 0.0624. The molecule has 1 aliphatic heterocycles. The molecule has 0 saturated carbocycles. The first-order valence-electron chi connectivity index (χ1n) is 4.29. The smallest absolute Gasteiger partial charge is 0.257 e. The molecule has 2 heterocycles. The Labute approximate surface area is 76.9 Å². The Bertz CT molecular complexity index is 291. The van der Waals surface area contributed by atoms with Gasteiger partial charge in [0.2, 0.25) is 0 Å². The average molecular weight is 180 g/mol. The molecule has 0 bridgehead atoms. The van der Waals surface area contributed by atoms with Crippen LogP contribution in [0.25, 0.3) is 0 Å². The number of nitrogens with one attached hydrogen (secondary N) is 1. The lowest BCUT2D eigenvalue weighted by Gasteiger charge is -2.24. The van der Waals surface area contributed by atoms with E-state index in [1.807, 2.05) is 19.2 Å². The SMILES string of the molecule is CNCC1COc2cccnc2O1. The van der Waals surface area contributed by atoms with Crippen molar-refractivity contribution in [1.82, 2.24) is 10.3 Å². The van der Waals surface area contributed by atoms with Crippen LogP contribution in [0, 0.1) is 0 Å². The molecule has 0 aliphatic carbocycles. The summed E-state index contributed by atoms with van der Waals surface area (Å²) in [7, 11) is 1.89. The number of ether oxygens (including phenoxy) is 2. The first-order chi connectivity index (χ1) is 6.40. The van der Waals surface area contributed by atoms with Crippen LogP contribution < -0.4 is 14.8 Å². The van der Waals surface area contributed by atoms with Crippen molar-refractivity contribution in [3.8, 4) is 11.6 Å². The van der Waals surface area contributed by atoms with Gasteiger partial charge in [0.15, 0.2) is 5.75 Å². The number of aromatic nitrogens is 1. The normalized spacial score (nSPS) is 19.9. The summed E-state index contributed by atoms with van der Waals surface area (Å²) >= 11 is 0. The molecule has 4 heteroatoms. The van der Waals surface area contributed by atoms with E-state index in [1.54, 1.807) is 6.20 Å². The van der Waals surface area contributed by atoms with E-state index in [2.05, 4.69) is 10.3 Å². The van der Waals surface area contributed by atoms with Gasteiger partial charge in [0, 0.05) is 12.7 Å². The van der Waals surface area contributed by atoms with Crippen LogP contribution in [0.15, 0.2) is 18.3 Å². The second kappa shape index (κ2) is 3.62. The van der Waals surface area contributed by atoms with Crippen LogP contribution in [0.3, 0.4) is 0 Å². The number of fused-ring (bicyclic) bond motifs is 1. The third kappa shape index (κ3) is 1.72. The van der Waals surface area contributed by atoms with Gasteiger partial charge in [-0.2, -0.15) is 0 Å². The summed E-state index contributed by atoms with van der Waals surface area (Å²) in [4.78, 5) is 4.08. The molecule has 0 saturated heterocycles. The van der Waals surface area contributed by atoms with Gasteiger partial charge in [-0.15, -0.1) is 0 Å². The van der Waals surface area contributed by atoms with Gasteiger partial charge in [0.05, 0.1) is 0 Å². The van der Waals surface area contributed by atoms with Crippen LogP contribution in [0.2, 0.25) is 0 Å². The molecule has 0 radical (unpaired) electrons. The highest BCUT2D eigenvalue weighted by Crippen LogP contribution is 2.27. The number of likely N-dealkylation sites (N-methyl/N-ethyl adjacent to an activating group) is 1. The maximum Gasteiger partial charge on any atom is 0.257 e. The predicted octanol–water partition coefficient (Wildman–Crippen LogP) is 0.441. The third-order valence-electron chi connectivity index (χ3n) is 1.87. The number of hydrogen-bond acceptors (Lipinski definition) is 4. The van der Waals surface area contributed by atoms with Gasteiger partial charge < -0.3 is 14.8 Å². The second-order valence-electron chi connectivity index (χ2n) is 2.92. The Balaban J connectivity index is 2.11. The van der Waals surface area contributed by atoms with Gasteiger partial charge in [-0.25, -0.2) is 4.98 Å². The molecule has 1 unspecified atom stereocenters. The first-order valence-corrected chi connectivity index (χ1v) is 4.29. The standard InChI is InChI=1S/C9H12N2O2/c1-10-5-7-6-12-8-3-2-4-11-9(8)13-7/h2-4,7,10H,5-6H2,1H3. The van der Waals surface area contributed by atoms with Crippen molar-refractivity contribution in [2.45, 2.75) is 6.10 Å². The van der Waals surface area contributed by atoms with Gasteiger partial charge in [0.25, 0.3) is 5.88 Å². The molecule has 70 valence electrons. The van der Waals surface area contributed by atoms with Crippen molar-refractivity contribution in [1.29, 1.82) is 0 Å². The summed E-state index contributed by atoms with van der Waals surface area (Å²) in [5.41, 5.74) is 0. The van der Waals surface area contributed by atoms with Gasteiger partial charge >= 0.3 is 0 Å². The highest BCUT2D eigenvalue weighted by molar-refractivity contribution is 5.33. The van der Waals surface area contributed by atoms with Crippen LogP contribution in [-0.4, -0.2) is 31.3 Å². The van der Waals surface area contributed by atoms with E-state index in [0.717, 1.165) is 12.3 Å². The Morgan fingerprint density at radius 1 is 1.69 bits per heavy atom. The molecule has 0 amide bonds. The minimum atomic E-state index is 0.0624. The van der Waals surface area contributed by atoms with E-state index in [0.29, 0.717) is 12.5 Å². The Morgan fingerprint density at radius 3 is 3.46 bits per heavy atom. The first kappa shape index (κ1) is 8.31. The van der Waals surface area contributed by atoms with E-state index in [-0.39, 0.29) is 6.10 Å². The molecule has 1 aromatic heterocycles. The van der Waals surface area contributed by atoms with E-state index in [1.165, 1.54) is 0 Å². The van der Waals surface area contributed by atoms with Gasteiger partial charge in [-0.05, 0) is 19.2 Å². The third-order valence-corrected chi connectivity index (χ3v) is 1.87. The van der Waals surface area contributed by atoms with Crippen molar-refractivity contribution in [3.63, 3.8) is 0 Å². The molecule has 1 aromatic rings. The zero-order valence-electron chi connectivity index (χ0n) is 7.49. The van der Waals surface area contributed by atoms with Crippen molar-refractivity contribution in [2.75, 3.05) is 20.2 Å². The number of rotatable bonds is 2. The van der Waals surface area contributed by atoms with Crippen molar-refractivity contribution in [2.24, 2.45) is 0 Å². The van der Waals surface area contributed by atoms with Crippen molar-refractivity contribution >= 4 is 0 Å². The van der Waals surface area contributed by atoms with Crippen molar-refractivity contribution in [3.05, 3.63) is 18.3 Å². The highest BCUT2D eigenvalue weighted by Gasteiger charge is 2.20. The lowest BCUT2D eigenvalue weighted by Crippen LogP contribution is -2.37. The molecule has 13 heavy (non-hydrogen) atoms. The van der Waals surface area contributed by atoms with E-state index >= 15 is 0 Å². The molecule has 1 N–H and O–H groups in total.